The summed E-state index contributed by atoms with van der Waals surface area (Å²) in [4.78, 5) is 15.1. The first-order chi connectivity index (χ1) is 15.9. The van der Waals surface area contributed by atoms with Crippen molar-refractivity contribution in [2.75, 3.05) is 34.5 Å². The Morgan fingerprint density at radius 2 is 1.73 bits per heavy atom. The van der Waals surface area contributed by atoms with Crippen LogP contribution in [0.3, 0.4) is 0 Å². The molecule has 0 saturated carbocycles. The van der Waals surface area contributed by atoms with Gasteiger partial charge in [0, 0.05) is 20.2 Å². The Kier molecular flexibility index (Phi) is 8.32. The zero-order chi connectivity index (χ0) is 23.8. The highest BCUT2D eigenvalue weighted by Gasteiger charge is 2.21. The van der Waals surface area contributed by atoms with Gasteiger partial charge in [-0.2, -0.15) is 8.42 Å². The number of methoxy groups -OCH3 is 3. The van der Waals surface area contributed by atoms with Gasteiger partial charge in [0.25, 0.3) is 5.91 Å². The Balaban J connectivity index is 1.86. The fourth-order valence-corrected chi connectivity index (χ4v) is 4.65. The molecule has 0 bridgehead atoms. The highest BCUT2D eigenvalue weighted by molar-refractivity contribution is 7.87. The summed E-state index contributed by atoms with van der Waals surface area (Å²) in [5.41, 5.74) is 0.678. The second-order valence-corrected chi connectivity index (χ2v) is 9.39. The minimum absolute atomic E-state index is 0.0228. The van der Waals surface area contributed by atoms with Crippen LogP contribution in [-0.4, -0.2) is 53.7 Å². The quantitative estimate of drug-likeness (QED) is 0.377. The molecule has 1 amide bonds. The largest absolute Gasteiger partial charge is 0.497 e. The number of hydrogen-bond acceptors (Lipinski definition) is 8. The minimum atomic E-state index is -4.12. The number of rotatable bonds is 11. The third-order valence-corrected chi connectivity index (χ3v) is 6.84. The van der Waals surface area contributed by atoms with E-state index in [9.17, 15) is 13.2 Å². The third kappa shape index (κ3) is 6.25. The highest BCUT2D eigenvalue weighted by atomic mass is 32.2. The zero-order valence-electron chi connectivity index (χ0n) is 18.5. The van der Waals surface area contributed by atoms with Crippen molar-refractivity contribution >= 4 is 27.4 Å². The summed E-state index contributed by atoms with van der Waals surface area (Å²) < 4.78 is 46.5. The number of nitrogens with zero attached hydrogens (tertiary/aromatic N) is 1. The van der Waals surface area contributed by atoms with Crippen LogP contribution < -0.4 is 13.7 Å². The summed E-state index contributed by atoms with van der Waals surface area (Å²) in [6, 6.07) is 14.4. The summed E-state index contributed by atoms with van der Waals surface area (Å²) in [6.45, 7) is 0.977. The third-order valence-electron chi connectivity index (χ3n) is 4.73. The van der Waals surface area contributed by atoms with Gasteiger partial charge in [0.2, 0.25) is 0 Å². The molecule has 0 aliphatic carbocycles. The predicted octanol–water partition coefficient (Wildman–Crippen LogP) is 3.82. The Morgan fingerprint density at radius 3 is 2.33 bits per heavy atom. The van der Waals surface area contributed by atoms with Crippen LogP contribution in [-0.2, 0) is 21.4 Å². The van der Waals surface area contributed by atoms with Crippen LogP contribution in [0.25, 0.3) is 0 Å². The van der Waals surface area contributed by atoms with Gasteiger partial charge in [0.05, 0.1) is 25.7 Å². The summed E-state index contributed by atoms with van der Waals surface area (Å²) in [6.07, 6.45) is 0. The van der Waals surface area contributed by atoms with Gasteiger partial charge in [-0.05, 0) is 53.4 Å². The van der Waals surface area contributed by atoms with E-state index >= 15 is 0 Å². The lowest BCUT2D eigenvalue weighted by Gasteiger charge is -2.22. The minimum Gasteiger partial charge on any atom is -0.497 e. The van der Waals surface area contributed by atoms with Gasteiger partial charge in [-0.1, -0.05) is 12.1 Å². The van der Waals surface area contributed by atoms with Gasteiger partial charge in [0.15, 0.2) is 11.5 Å². The molecular weight excluding hydrogens is 466 g/mol. The van der Waals surface area contributed by atoms with Gasteiger partial charge >= 0.3 is 10.1 Å². The standard InChI is InChI=1S/C23H25NO7S2/c1-28-13-12-24(23(25)22-5-4-14-32-22)16-17-6-11-20(30-3)21(15-17)31-33(26,27)19-9-7-18(29-2)8-10-19/h4-11,14-15H,12-13,16H2,1-3H3. The molecule has 3 rings (SSSR count). The smallest absolute Gasteiger partial charge is 0.339 e. The highest BCUT2D eigenvalue weighted by Crippen LogP contribution is 2.32. The van der Waals surface area contributed by atoms with Crippen molar-refractivity contribution in [2.45, 2.75) is 11.4 Å². The maximum atomic E-state index is 12.9. The van der Waals surface area contributed by atoms with E-state index in [4.69, 9.17) is 18.4 Å². The monoisotopic (exact) mass is 491 g/mol. The van der Waals surface area contributed by atoms with Crippen molar-refractivity contribution in [3.05, 3.63) is 70.4 Å². The molecule has 3 aromatic rings. The van der Waals surface area contributed by atoms with Gasteiger partial charge in [-0.3, -0.25) is 4.79 Å². The van der Waals surface area contributed by atoms with E-state index in [1.54, 1.807) is 36.3 Å². The Bertz CT molecular complexity index is 1160. The number of benzene rings is 2. The normalized spacial score (nSPS) is 11.1. The average Bonchev–Trinajstić information content (AvgIpc) is 3.36. The lowest BCUT2D eigenvalue weighted by Crippen LogP contribution is -2.33. The van der Waals surface area contributed by atoms with Crippen LogP contribution >= 0.6 is 11.3 Å². The number of carbonyl (C=O) groups excluding carboxylic acids is 1. The molecule has 8 nitrogen and oxygen atoms in total. The molecule has 0 N–H and O–H groups in total. The Hall–Kier alpha value is -3.08. The molecule has 0 atom stereocenters. The molecule has 176 valence electrons. The maximum absolute atomic E-state index is 12.9. The van der Waals surface area contributed by atoms with Gasteiger partial charge in [-0.15, -0.1) is 11.3 Å². The maximum Gasteiger partial charge on any atom is 0.339 e. The van der Waals surface area contributed by atoms with Crippen LogP contribution in [0.4, 0.5) is 0 Å². The first-order valence-electron chi connectivity index (χ1n) is 9.95. The van der Waals surface area contributed by atoms with E-state index < -0.39 is 10.1 Å². The molecule has 1 heterocycles. The molecule has 2 aromatic carbocycles. The van der Waals surface area contributed by atoms with E-state index in [1.807, 2.05) is 11.4 Å². The molecular formula is C23H25NO7S2. The SMILES string of the molecule is COCCN(Cc1ccc(OC)c(OS(=O)(=O)c2ccc(OC)cc2)c1)C(=O)c1cccs1. The van der Waals surface area contributed by atoms with Crippen molar-refractivity contribution < 1.29 is 31.6 Å². The van der Waals surface area contributed by atoms with Crippen molar-refractivity contribution in [3.63, 3.8) is 0 Å². The average molecular weight is 492 g/mol. The van der Waals surface area contributed by atoms with Crippen molar-refractivity contribution in [2.24, 2.45) is 0 Å². The zero-order valence-corrected chi connectivity index (χ0v) is 20.1. The first kappa shape index (κ1) is 24.6. The molecule has 33 heavy (non-hydrogen) atoms. The van der Waals surface area contributed by atoms with Crippen molar-refractivity contribution in [3.8, 4) is 17.2 Å². The molecule has 0 unspecified atom stereocenters. The second kappa shape index (κ2) is 11.2. The van der Waals surface area contributed by atoms with Crippen LogP contribution in [0.1, 0.15) is 15.2 Å². The summed E-state index contributed by atoms with van der Waals surface area (Å²) in [5.74, 6) is 0.677. The lowest BCUT2D eigenvalue weighted by molar-refractivity contribution is 0.0685. The fourth-order valence-electron chi connectivity index (χ4n) is 3.02. The summed E-state index contributed by atoms with van der Waals surface area (Å²) >= 11 is 1.36. The van der Waals surface area contributed by atoms with Gasteiger partial charge in [-0.25, -0.2) is 0 Å². The number of ether oxygens (including phenoxy) is 3. The molecule has 10 heteroatoms. The summed E-state index contributed by atoms with van der Waals surface area (Å²) in [5, 5.41) is 1.84. The van der Waals surface area contributed by atoms with Crippen molar-refractivity contribution in [1.82, 2.24) is 4.90 Å². The topological polar surface area (TPSA) is 91.4 Å². The van der Waals surface area contributed by atoms with E-state index in [0.717, 1.165) is 0 Å². The Morgan fingerprint density at radius 1 is 0.970 bits per heavy atom. The van der Waals surface area contributed by atoms with Crippen LogP contribution in [0.2, 0.25) is 0 Å². The molecule has 0 saturated heterocycles. The second-order valence-electron chi connectivity index (χ2n) is 6.90. The molecule has 0 fully saturated rings. The van der Waals surface area contributed by atoms with Crippen LogP contribution in [0, 0.1) is 0 Å². The molecule has 0 radical (unpaired) electrons. The number of thiophene rings is 1. The molecule has 0 spiro atoms. The molecule has 0 aliphatic heterocycles. The van der Waals surface area contributed by atoms with Crippen LogP contribution in [0.15, 0.2) is 64.9 Å². The first-order valence-corrected chi connectivity index (χ1v) is 12.2. The predicted molar refractivity (Wildman–Crippen MR) is 125 cm³/mol. The number of amides is 1. The molecule has 1 aromatic heterocycles. The van der Waals surface area contributed by atoms with E-state index in [1.165, 1.54) is 49.8 Å². The van der Waals surface area contributed by atoms with Gasteiger partial charge in [0.1, 0.15) is 10.6 Å². The van der Waals surface area contributed by atoms with E-state index in [2.05, 4.69) is 0 Å². The molecule has 0 aliphatic rings. The fraction of sp³-hybridized carbons (Fsp3) is 0.261. The van der Waals surface area contributed by atoms with E-state index in [-0.39, 0.29) is 28.8 Å². The number of hydrogen-bond donors (Lipinski definition) is 0. The van der Waals surface area contributed by atoms with Crippen molar-refractivity contribution in [1.29, 1.82) is 0 Å². The number of carbonyl (C=O) groups is 1. The summed E-state index contributed by atoms with van der Waals surface area (Å²) in [7, 11) is 0.369. The lowest BCUT2D eigenvalue weighted by atomic mass is 10.2. The Labute approximate surface area is 197 Å². The van der Waals surface area contributed by atoms with E-state index in [0.29, 0.717) is 29.3 Å². The van der Waals surface area contributed by atoms with Crippen LogP contribution in [0.5, 0.6) is 17.2 Å². The van der Waals surface area contributed by atoms with Gasteiger partial charge < -0.3 is 23.3 Å².